The summed E-state index contributed by atoms with van der Waals surface area (Å²) >= 11 is 0. The van der Waals surface area contributed by atoms with Crippen LogP contribution in [0.25, 0.3) is 0 Å². The van der Waals surface area contributed by atoms with Gasteiger partial charge >= 0.3 is 50.9 Å². The zero-order chi connectivity index (χ0) is 19.0. The molecule has 2 heterocycles. The molecule has 1 unspecified atom stereocenters. The molecule has 0 saturated carbocycles. The first-order valence-corrected chi connectivity index (χ1v) is 9.80. The number of hydrogen-bond acceptors (Lipinski definition) is 8. The van der Waals surface area contributed by atoms with Crippen LogP contribution in [0.1, 0.15) is 27.1 Å². The fraction of sp³-hybridized carbons (Fsp3) is 0.636. The Bertz CT molecular complexity index is 856. The SMILES string of the molecule is C.Cc1cn([C@H]2C[C@@H](O)[C@@H](COP(=O)(O)OP(=O)(O)O)O2)c(=O)[nH]c1=O.[H-].[Na+]. The number of phosphoric acid groups is 2. The van der Waals surface area contributed by atoms with Crippen LogP contribution in [0.15, 0.2) is 15.8 Å². The molecule has 0 aliphatic carbocycles. The van der Waals surface area contributed by atoms with Gasteiger partial charge in [0.2, 0.25) is 0 Å². The molecule has 1 aliphatic heterocycles. The van der Waals surface area contributed by atoms with Gasteiger partial charge in [-0.1, -0.05) is 7.43 Å². The van der Waals surface area contributed by atoms with Crippen LogP contribution in [0, 0.1) is 6.92 Å². The average Bonchev–Trinajstić information content (AvgIpc) is 2.79. The number of aromatic amines is 1. The van der Waals surface area contributed by atoms with Crippen molar-refractivity contribution in [2.75, 3.05) is 6.61 Å². The van der Waals surface area contributed by atoms with E-state index >= 15 is 0 Å². The van der Waals surface area contributed by atoms with Crippen molar-refractivity contribution < 1.29 is 73.5 Å². The molecule has 152 valence electrons. The number of nitrogens with zero attached hydrogens (tertiary/aromatic N) is 1. The Morgan fingerprint density at radius 2 is 1.96 bits per heavy atom. The third-order valence-corrected chi connectivity index (χ3v) is 5.42. The van der Waals surface area contributed by atoms with Crippen LogP contribution in [-0.2, 0) is 22.7 Å². The Morgan fingerprint density at radius 3 is 2.52 bits per heavy atom. The number of aliphatic hydroxyl groups is 1. The van der Waals surface area contributed by atoms with Gasteiger partial charge in [0.1, 0.15) is 12.3 Å². The minimum Gasteiger partial charge on any atom is -1.00 e. The Kier molecular flexibility index (Phi) is 10.0. The number of phosphoric ester groups is 1. The summed E-state index contributed by atoms with van der Waals surface area (Å²) in [5.74, 6) is 0. The topological polar surface area (TPSA) is 198 Å². The third kappa shape index (κ3) is 7.65. The minimum absolute atomic E-state index is 0. The molecule has 16 heteroatoms. The predicted molar refractivity (Wildman–Crippen MR) is 87.3 cm³/mol. The molecule has 1 aromatic rings. The molecule has 1 aliphatic rings. The summed E-state index contributed by atoms with van der Waals surface area (Å²) < 4.78 is 36.3. The molecule has 1 fully saturated rings. The summed E-state index contributed by atoms with van der Waals surface area (Å²) in [4.78, 5) is 51.4. The van der Waals surface area contributed by atoms with Gasteiger partial charge in [-0.2, -0.15) is 4.31 Å². The monoisotopic (exact) mass is 442 g/mol. The first-order valence-electron chi connectivity index (χ1n) is 6.78. The summed E-state index contributed by atoms with van der Waals surface area (Å²) in [5, 5.41) is 9.91. The van der Waals surface area contributed by atoms with E-state index in [0.29, 0.717) is 0 Å². The second-order valence-electron chi connectivity index (χ2n) is 5.25. The van der Waals surface area contributed by atoms with E-state index < -0.39 is 51.9 Å². The van der Waals surface area contributed by atoms with Crippen LogP contribution < -0.4 is 40.8 Å². The van der Waals surface area contributed by atoms with Gasteiger partial charge in [-0.25, -0.2) is 13.9 Å². The van der Waals surface area contributed by atoms with Crippen molar-refractivity contribution in [3.8, 4) is 0 Å². The zero-order valence-electron chi connectivity index (χ0n) is 14.7. The van der Waals surface area contributed by atoms with E-state index in [1.807, 2.05) is 0 Å². The molecule has 2 rings (SSSR count). The van der Waals surface area contributed by atoms with Crippen molar-refractivity contribution in [2.24, 2.45) is 0 Å². The van der Waals surface area contributed by atoms with E-state index in [4.69, 9.17) is 14.5 Å². The van der Waals surface area contributed by atoms with Gasteiger partial charge in [-0.05, 0) is 6.92 Å². The van der Waals surface area contributed by atoms with Crippen LogP contribution in [0.2, 0.25) is 0 Å². The quantitative estimate of drug-likeness (QED) is 0.216. The first-order chi connectivity index (χ1) is 11.4. The molecule has 0 spiro atoms. The van der Waals surface area contributed by atoms with Gasteiger partial charge < -0.3 is 26.0 Å². The molecule has 0 aromatic carbocycles. The second kappa shape index (κ2) is 10.1. The Balaban J connectivity index is 0. The van der Waals surface area contributed by atoms with Crippen molar-refractivity contribution in [1.29, 1.82) is 0 Å². The van der Waals surface area contributed by atoms with Gasteiger partial charge in [-0.3, -0.25) is 18.9 Å². The smallest absolute Gasteiger partial charge is 1.00 e. The second-order valence-corrected chi connectivity index (χ2v) is 8.08. The fourth-order valence-corrected chi connectivity index (χ4v) is 3.76. The summed E-state index contributed by atoms with van der Waals surface area (Å²) in [6.07, 6.45) is -2.22. The summed E-state index contributed by atoms with van der Waals surface area (Å²) in [5.41, 5.74) is -1.12. The minimum atomic E-state index is -5.26. The zero-order valence-corrected chi connectivity index (χ0v) is 17.5. The van der Waals surface area contributed by atoms with Crippen LogP contribution in [0.5, 0.6) is 0 Å². The van der Waals surface area contributed by atoms with Crippen molar-refractivity contribution in [3.63, 3.8) is 0 Å². The van der Waals surface area contributed by atoms with E-state index in [0.717, 1.165) is 4.57 Å². The van der Waals surface area contributed by atoms with Crippen LogP contribution >= 0.6 is 15.6 Å². The van der Waals surface area contributed by atoms with Crippen LogP contribution in [0.4, 0.5) is 0 Å². The first kappa shape index (κ1) is 26.9. The van der Waals surface area contributed by atoms with E-state index in [9.17, 15) is 28.7 Å². The third-order valence-electron chi connectivity index (χ3n) is 3.27. The molecule has 4 atom stereocenters. The van der Waals surface area contributed by atoms with Gasteiger partial charge in [-0.15, -0.1) is 0 Å². The van der Waals surface area contributed by atoms with E-state index in [1.54, 1.807) is 0 Å². The number of ether oxygens (including phenoxy) is 1. The Morgan fingerprint density at radius 1 is 1.37 bits per heavy atom. The molecule has 1 saturated heterocycles. The molecule has 13 nitrogen and oxygen atoms in total. The van der Waals surface area contributed by atoms with Gasteiger partial charge in [0.15, 0.2) is 0 Å². The fourth-order valence-electron chi connectivity index (χ4n) is 2.16. The van der Waals surface area contributed by atoms with Crippen LogP contribution in [-0.4, -0.2) is 48.2 Å². The van der Waals surface area contributed by atoms with Gasteiger partial charge in [0, 0.05) is 18.2 Å². The van der Waals surface area contributed by atoms with Gasteiger partial charge in [0.25, 0.3) is 5.56 Å². The molecule has 0 bridgehead atoms. The molecule has 0 radical (unpaired) electrons. The number of nitrogens with one attached hydrogen (secondary N) is 1. The van der Waals surface area contributed by atoms with Crippen molar-refractivity contribution in [2.45, 2.75) is 39.2 Å². The van der Waals surface area contributed by atoms with E-state index in [2.05, 4.69) is 13.8 Å². The van der Waals surface area contributed by atoms with E-state index in [-0.39, 0.29) is 50.4 Å². The summed E-state index contributed by atoms with van der Waals surface area (Å²) in [6, 6.07) is 0. The number of hydrogen-bond donors (Lipinski definition) is 5. The number of rotatable bonds is 6. The maximum absolute atomic E-state index is 11.8. The number of aryl methyl sites for hydroxylation is 1. The summed E-state index contributed by atoms with van der Waals surface area (Å²) in [7, 11) is -10.3. The molecular weight excluding hydrogens is 421 g/mol. The van der Waals surface area contributed by atoms with Crippen LogP contribution in [0.3, 0.4) is 0 Å². The van der Waals surface area contributed by atoms with Crippen molar-refractivity contribution in [3.05, 3.63) is 32.6 Å². The number of H-pyrrole nitrogens is 1. The molecule has 1 aromatic heterocycles. The maximum atomic E-state index is 11.8. The van der Waals surface area contributed by atoms with Crippen molar-refractivity contribution >= 4 is 15.6 Å². The van der Waals surface area contributed by atoms with Crippen molar-refractivity contribution in [1.82, 2.24) is 9.55 Å². The molecule has 0 amide bonds. The molecule has 5 N–H and O–H groups in total. The summed E-state index contributed by atoms with van der Waals surface area (Å²) in [6.45, 7) is 0.727. The maximum Gasteiger partial charge on any atom is 1.00 e. The Hall–Kier alpha value is -0.140. The van der Waals surface area contributed by atoms with Gasteiger partial charge in [0.05, 0.1) is 12.7 Å². The molecular formula is C11H21N2NaO11P2. The predicted octanol–water partition coefficient (Wildman–Crippen LogP) is -3.53. The standard InChI is InChI=1S/C10H16N2O11P2.CH4.Na.H/c1-5-3-12(10(15)11-9(5)14)8-2-6(13)7(22-8)4-21-25(19,20)23-24(16,17)18;;;/h3,6-8,13H,2,4H2,1H3,(H,19,20)(H,11,14,15)(H2,16,17,18);1H4;;/q;;+1;-1/t6-,7-,8-;;;/m1.../s1. The normalized spacial score (nSPS) is 24.6. The van der Waals surface area contributed by atoms with E-state index in [1.165, 1.54) is 13.1 Å². The number of aromatic nitrogens is 2. The largest absolute Gasteiger partial charge is 1.00 e. The number of aliphatic hydroxyl groups excluding tert-OH is 1. The Labute approximate surface area is 176 Å². The molecule has 27 heavy (non-hydrogen) atoms. The average molecular weight is 442 g/mol.